The lowest BCUT2D eigenvalue weighted by Crippen LogP contribution is -1.99. The molecule has 12 heavy (non-hydrogen) atoms. The molecule has 0 radical (unpaired) electrons. The van der Waals surface area contributed by atoms with Crippen molar-refractivity contribution in [1.29, 1.82) is 0 Å². The molecule has 0 saturated carbocycles. The van der Waals surface area contributed by atoms with Crippen molar-refractivity contribution in [3.8, 4) is 0 Å². The Balaban J connectivity index is 3.15. The molecule has 0 bridgehead atoms. The van der Waals surface area contributed by atoms with Crippen molar-refractivity contribution in [1.82, 2.24) is 0 Å². The minimum absolute atomic E-state index is 0.586. The third-order valence-corrected chi connectivity index (χ3v) is 3.12. The fourth-order valence-corrected chi connectivity index (χ4v) is 1.81. The highest BCUT2D eigenvalue weighted by Crippen LogP contribution is 2.41. The summed E-state index contributed by atoms with van der Waals surface area (Å²) >= 11 is 0. The van der Waals surface area contributed by atoms with E-state index in [9.17, 15) is 4.57 Å². The molecule has 0 aliphatic heterocycles. The Hall–Kier alpha value is -1.24. The number of hydrogen-bond donors (Lipinski definition) is 0. The van der Waals surface area contributed by atoms with Crippen molar-refractivity contribution in [3.05, 3.63) is 40.8 Å². The van der Waals surface area contributed by atoms with E-state index in [1.807, 2.05) is 6.07 Å². The van der Waals surface area contributed by atoms with E-state index in [-0.39, 0.29) is 0 Å². The standard InChI is InChI=1S/C7H8N3OP/c1-12(11,10-9-8)7-5-3-2-4-6-7/h2-6H,1H3. The molecule has 0 aliphatic rings. The molecule has 0 fully saturated rings. The molecule has 1 aromatic rings. The fourth-order valence-electron chi connectivity index (χ4n) is 0.833. The molecule has 0 N–H and O–H groups in total. The Morgan fingerprint density at radius 1 is 1.42 bits per heavy atom. The Morgan fingerprint density at radius 3 is 2.50 bits per heavy atom. The third kappa shape index (κ3) is 1.88. The number of benzene rings is 1. The Labute approximate surface area is 70.3 Å². The summed E-state index contributed by atoms with van der Waals surface area (Å²) in [5.74, 6) is 0. The monoisotopic (exact) mass is 181 g/mol. The van der Waals surface area contributed by atoms with Gasteiger partial charge in [-0.3, -0.25) is 0 Å². The van der Waals surface area contributed by atoms with Gasteiger partial charge in [-0.15, -0.1) is 0 Å². The van der Waals surface area contributed by atoms with Crippen LogP contribution in [0.5, 0.6) is 0 Å². The van der Waals surface area contributed by atoms with Crippen molar-refractivity contribution in [2.45, 2.75) is 0 Å². The van der Waals surface area contributed by atoms with Crippen LogP contribution in [0.4, 0.5) is 0 Å². The van der Waals surface area contributed by atoms with Gasteiger partial charge in [0.05, 0.1) is 0 Å². The van der Waals surface area contributed by atoms with E-state index >= 15 is 0 Å². The zero-order chi connectivity index (χ0) is 9.03. The molecule has 0 aromatic heterocycles. The van der Waals surface area contributed by atoms with Gasteiger partial charge in [0.15, 0.2) is 7.29 Å². The van der Waals surface area contributed by atoms with Gasteiger partial charge >= 0.3 is 0 Å². The first-order chi connectivity index (χ1) is 5.67. The van der Waals surface area contributed by atoms with Crippen LogP contribution >= 0.6 is 7.29 Å². The lowest BCUT2D eigenvalue weighted by Gasteiger charge is -2.03. The second kappa shape index (κ2) is 3.44. The topological polar surface area (TPSA) is 65.8 Å². The van der Waals surface area contributed by atoms with Crippen molar-refractivity contribution in [2.24, 2.45) is 4.88 Å². The fraction of sp³-hybridized carbons (Fsp3) is 0.143. The van der Waals surface area contributed by atoms with Crippen molar-refractivity contribution in [3.63, 3.8) is 0 Å². The molecule has 0 amide bonds. The first-order valence-corrected chi connectivity index (χ1v) is 5.47. The van der Waals surface area contributed by atoms with Gasteiger partial charge < -0.3 is 4.57 Å². The van der Waals surface area contributed by atoms with Crippen LogP contribution in [0.2, 0.25) is 0 Å². The SMILES string of the molecule is CP(=O)(N=[N+]=[N-])c1ccccc1. The molecule has 1 unspecified atom stereocenters. The Kier molecular flexibility index (Phi) is 2.54. The first-order valence-electron chi connectivity index (χ1n) is 3.36. The Bertz CT molecular complexity index is 356. The molecule has 4 nitrogen and oxygen atoms in total. The summed E-state index contributed by atoms with van der Waals surface area (Å²) < 4.78 is 11.6. The lowest BCUT2D eigenvalue weighted by atomic mass is 10.4. The predicted octanol–water partition coefficient (Wildman–Crippen LogP) is 2.53. The summed E-state index contributed by atoms with van der Waals surface area (Å²) in [5, 5.41) is 0.586. The molecule has 1 atom stereocenters. The van der Waals surface area contributed by atoms with Crippen molar-refractivity contribution in [2.75, 3.05) is 6.66 Å². The maximum Gasteiger partial charge on any atom is 0.198 e. The van der Waals surface area contributed by atoms with Gasteiger partial charge in [-0.2, -0.15) is 0 Å². The van der Waals surface area contributed by atoms with Crippen LogP contribution in [-0.4, -0.2) is 6.66 Å². The van der Waals surface area contributed by atoms with Crippen LogP contribution < -0.4 is 5.30 Å². The van der Waals surface area contributed by atoms with E-state index in [1.165, 1.54) is 6.66 Å². The average molecular weight is 181 g/mol. The minimum atomic E-state index is -2.84. The van der Waals surface area contributed by atoms with Gasteiger partial charge in [0.25, 0.3) is 0 Å². The molecule has 0 spiro atoms. The molecule has 5 heteroatoms. The van der Waals surface area contributed by atoms with Gasteiger partial charge in [0.2, 0.25) is 0 Å². The summed E-state index contributed by atoms with van der Waals surface area (Å²) in [6, 6.07) is 8.72. The van der Waals surface area contributed by atoms with Gasteiger partial charge in [-0.1, -0.05) is 30.3 Å². The van der Waals surface area contributed by atoms with E-state index in [2.05, 4.69) is 9.80 Å². The third-order valence-electron chi connectivity index (χ3n) is 1.45. The average Bonchev–Trinajstić information content (AvgIpc) is 2.06. The summed E-state index contributed by atoms with van der Waals surface area (Å²) in [5.41, 5.74) is 8.15. The highest BCUT2D eigenvalue weighted by atomic mass is 31.2. The van der Waals surface area contributed by atoms with Crippen LogP contribution in [-0.2, 0) is 4.57 Å². The maximum absolute atomic E-state index is 11.6. The van der Waals surface area contributed by atoms with Gasteiger partial charge in [-0.05, 0) is 17.1 Å². The van der Waals surface area contributed by atoms with Crippen LogP contribution in [0.15, 0.2) is 35.2 Å². The van der Waals surface area contributed by atoms with E-state index in [0.717, 1.165) is 0 Å². The molecule has 1 aromatic carbocycles. The van der Waals surface area contributed by atoms with E-state index in [1.54, 1.807) is 24.3 Å². The highest BCUT2D eigenvalue weighted by Gasteiger charge is 2.14. The second-order valence-corrected chi connectivity index (χ2v) is 4.85. The van der Waals surface area contributed by atoms with Crippen LogP contribution in [0.1, 0.15) is 0 Å². The minimum Gasteiger partial charge on any atom is -0.312 e. The predicted molar refractivity (Wildman–Crippen MR) is 48.8 cm³/mol. The molecule has 0 heterocycles. The highest BCUT2D eigenvalue weighted by molar-refractivity contribution is 7.69. The molecular formula is C7H8N3OP. The van der Waals surface area contributed by atoms with Gasteiger partial charge in [0.1, 0.15) is 0 Å². The largest absolute Gasteiger partial charge is 0.312 e. The number of nitrogens with zero attached hydrogens (tertiary/aromatic N) is 3. The first kappa shape index (κ1) is 8.85. The molecule has 0 aliphatic carbocycles. The lowest BCUT2D eigenvalue weighted by molar-refractivity contribution is 0.585. The quantitative estimate of drug-likeness (QED) is 0.299. The molecule has 0 saturated heterocycles. The van der Waals surface area contributed by atoms with Gasteiger partial charge in [0, 0.05) is 10.2 Å². The van der Waals surface area contributed by atoms with Crippen LogP contribution in [0.25, 0.3) is 10.4 Å². The summed E-state index contributed by atoms with van der Waals surface area (Å²) in [7, 11) is -2.84. The number of rotatable bonds is 2. The molecular weight excluding hydrogens is 173 g/mol. The summed E-state index contributed by atoms with van der Waals surface area (Å²) in [6.07, 6.45) is 0. The zero-order valence-electron chi connectivity index (χ0n) is 6.58. The normalized spacial score (nSPS) is 14.4. The molecule has 1 rings (SSSR count). The summed E-state index contributed by atoms with van der Waals surface area (Å²) in [6.45, 7) is 1.45. The van der Waals surface area contributed by atoms with Crippen LogP contribution in [0.3, 0.4) is 0 Å². The molecule has 62 valence electrons. The second-order valence-electron chi connectivity index (χ2n) is 2.39. The van der Waals surface area contributed by atoms with Crippen LogP contribution in [0, 0.1) is 0 Å². The number of azide groups is 1. The maximum atomic E-state index is 11.6. The Morgan fingerprint density at radius 2 is 2.00 bits per heavy atom. The zero-order valence-corrected chi connectivity index (χ0v) is 7.48. The van der Waals surface area contributed by atoms with Gasteiger partial charge in [-0.25, -0.2) is 0 Å². The van der Waals surface area contributed by atoms with Crippen molar-refractivity contribution < 1.29 is 4.57 Å². The van der Waals surface area contributed by atoms with Crippen molar-refractivity contribution >= 4 is 12.6 Å². The summed E-state index contributed by atoms with van der Waals surface area (Å²) in [4.78, 5) is 5.81. The van der Waals surface area contributed by atoms with E-state index in [4.69, 9.17) is 5.53 Å². The van der Waals surface area contributed by atoms with E-state index in [0.29, 0.717) is 5.30 Å². The number of hydrogen-bond acceptors (Lipinski definition) is 1. The van der Waals surface area contributed by atoms with E-state index < -0.39 is 7.29 Å². The smallest absolute Gasteiger partial charge is 0.198 e.